The molecule has 2 nitrogen and oxygen atoms in total. The van der Waals surface area contributed by atoms with E-state index < -0.39 is 0 Å². The lowest BCUT2D eigenvalue weighted by molar-refractivity contribution is 0.289. The highest BCUT2D eigenvalue weighted by Gasteiger charge is 2.20. The van der Waals surface area contributed by atoms with Crippen LogP contribution in [0.2, 0.25) is 0 Å². The molecule has 1 heterocycles. The van der Waals surface area contributed by atoms with E-state index in [4.69, 9.17) is 0 Å². The van der Waals surface area contributed by atoms with Gasteiger partial charge in [-0.3, -0.25) is 4.68 Å². The van der Waals surface area contributed by atoms with Gasteiger partial charge in [0.1, 0.15) is 0 Å². The SMILES string of the molecule is CC(C)c1cnn(C2CCC2)c1. The number of rotatable bonds is 2. The van der Waals surface area contributed by atoms with Crippen LogP contribution in [0.15, 0.2) is 12.4 Å². The van der Waals surface area contributed by atoms with Crippen LogP contribution >= 0.6 is 0 Å². The van der Waals surface area contributed by atoms with E-state index in [9.17, 15) is 0 Å². The van der Waals surface area contributed by atoms with Gasteiger partial charge in [0.15, 0.2) is 0 Å². The van der Waals surface area contributed by atoms with Crippen molar-refractivity contribution in [3.8, 4) is 0 Å². The Kier molecular flexibility index (Phi) is 1.91. The maximum Gasteiger partial charge on any atom is 0.0524 e. The Morgan fingerprint density at radius 1 is 1.50 bits per heavy atom. The van der Waals surface area contributed by atoms with Crippen LogP contribution in [0.25, 0.3) is 0 Å². The molecule has 0 amide bonds. The van der Waals surface area contributed by atoms with Gasteiger partial charge in [0.25, 0.3) is 0 Å². The van der Waals surface area contributed by atoms with E-state index in [-0.39, 0.29) is 0 Å². The predicted molar refractivity (Wildman–Crippen MR) is 49.2 cm³/mol. The van der Waals surface area contributed by atoms with Crippen molar-refractivity contribution in [2.45, 2.75) is 45.1 Å². The topological polar surface area (TPSA) is 17.8 Å². The van der Waals surface area contributed by atoms with E-state index in [1.165, 1.54) is 24.8 Å². The third kappa shape index (κ3) is 1.26. The Morgan fingerprint density at radius 2 is 2.25 bits per heavy atom. The van der Waals surface area contributed by atoms with Gasteiger partial charge in [-0.05, 0) is 30.7 Å². The van der Waals surface area contributed by atoms with Crippen LogP contribution in [0.4, 0.5) is 0 Å². The Balaban J connectivity index is 2.12. The first-order valence-corrected chi connectivity index (χ1v) is 4.81. The number of nitrogens with zero attached hydrogens (tertiary/aromatic N) is 2. The summed E-state index contributed by atoms with van der Waals surface area (Å²) in [5, 5.41) is 4.38. The minimum absolute atomic E-state index is 0.610. The molecule has 2 heteroatoms. The molecule has 0 bridgehead atoms. The Labute approximate surface area is 73.6 Å². The lowest BCUT2D eigenvalue weighted by Crippen LogP contribution is -2.17. The largest absolute Gasteiger partial charge is 0.269 e. The summed E-state index contributed by atoms with van der Waals surface area (Å²) < 4.78 is 2.14. The minimum atomic E-state index is 0.610. The lowest BCUT2D eigenvalue weighted by Gasteiger charge is -2.25. The molecule has 0 N–H and O–H groups in total. The average molecular weight is 164 g/mol. The second kappa shape index (κ2) is 2.92. The van der Waals surface area contributed by atoms with Crippen molar-refractivity contribution in [1.82, 2.24) is 9.78 Å². The molecule has 12 heavy (non-hydrogen) atoms. The monoisotopic (exact) mass is 164 g/mol. The molecule has 1 saturated carbocycles. The molecule has 1 aromatic rings. The van der Waals surface area contributed by atoms with Gasteiger partial charge in [-0.15, -0.1) is 0 Å². The normalized spacial score (nSPS) is 18.2. The zero-order chi connectivity index (χ0) is 8.55. The number of hydrogen-bond acceptors (Lipinski definition) is 1. The molecule has 0 aliphatic heterocycles. The second-order valence-electron chi connectivity index (χ2n) is 3.99. The van der Waals surface area contributed by atoms with Gasteiger partial charge in [0.05, 0.1) is 12.2 Å². The van der Waals surface area contributed by atoms with Gasteiger partial charge in [-0.1, -0.05) is 13.8 Å². The van der Waals surface area contributed by atoms with E-state index in [0.29, 0.717) is 12.0 Å². The highest BCUT2D eigenvalue weighted by molar-refractivity contribution is 5.09. The summed E-state index contributed by atoms with van der Waals surface area (Å²) in [7, 11) is 0. The van der Waals surface area contributed by atoms with Crippen LogP contribution in [-0.4, -0.2) is 9.78 Å². The predicted octanol–water partition coefficient (Wildman–Crippen LogP) is 2.73. The summed E-state index contributed by atoms with van der Waals surface area (Å²) in [6.45, 7) is 4.42. The molecule has 1 aliphatic rings. The third-order valence-electron chi connectivity index (χ3n) is 2.74. The van der Waals surface area contributed by atoms with Gasteiger partial charge in [-0.2, -0.15) is 5.10 Å². The van der Waals surface area contributed by atoms with Gasteiger partial charge < -0.3 is 0 Å². The fourth-order valence-electron chi connectivity index (χ4n) is 1.50. The molecule has 0 unspecified atom stereocenters. The maximum absolute atomic E-state index is 4.38. The van der Waals surface area contributed by atoms with Gasteiger partial charge in [-0.25, -0.2) is 0 Å². The maximum atomic E-state index is 4.38. The van der Waals surface area contributed by atoms with E-state index in [2.05, 4.69) is 29.8 Å². The van der Waals surface area contributed by atoms with Crippen molar-refractivity contribution in [3.63, 3.8) is 0 Å². The lowest BCUT2D eigenvalue weighted by atomic mass is 9.93. The molecular formula is C10H16N2. The number of hydrogen-bond donors (Lipinski definition) is 0. The molecule has 0 aromatic carbocycles. The summed E-state index contributed by atoms with van der Waals surface area (Å²) in [6, 6.07) is 0.706. The van der Waals surface area contributed by atoms with Crippen molar-refractivity contribution in [2.75, 3.05) is 0 Å². The molecular weight excluding hydrogens is 148 g/mol. The Hall–Kier alpha value is -0.790. The van der Waals surface area contributed by atoms with Gasteiger partial charge >= 0.3 is 0 Å². The first-order valence-electron chi connectivity index (χ1n) is 4.81. The molecule has 0 spiro atoms. The molecule has 1 aliphatic carbocycles. The second-order valence-corrected chi connectivity index (χ2v) is 3.99. The van der Waals surface area contributed by atoms with Crippen LogP contribution < -0.4 is 0 Å². The van der Waals surface area contributed by atoms with Gasteiger partial charge in [0.2, 0.25) is 0 Å². The van der Waals surface area contributed by atoms with Crippen LogP contribution in [-0.2, 0) is 0 Å². The minimum Gasteiger partial charge on any atom is -0.269 e. The first-order chi connectivity index (χ1) is 5.77. The molecule has 1 fully saturated rings. The highest BCUT2D eigenvalue weighted by atomic mass is 15.3. The van der Waals surface area contributed by atoms with Crippen LogP contribution in [0, 0.1) is 0 Å². The zero-order valence-electron chi connectivity index (χ0n) is 7.83. The Bertz CT molecular complexity index is 259. The smallest absolute Gasteiger partial charge is 0.0524 e. The third-order valence-corrected chi connectivity index (χ3v) is 2.74. The van der Waals surface area contributed by atoms with Crippen molar-refractivity contribution in [1.29, 1.82) is 0 Å². The van der Waals surface area contributed by atoms with E-state index in [1.807, 2.05) is 6.20 Å². The van der Waals surface area contributed by atoms with Crippen molar-refractivity contribution >= 4 is 0 Å². The zero-order valence-corrected chi connectivity index (χ0v) is 7.83. The van der Waals surface area contributed by atoms with E-state index in [0.717, 1.165) is 0 Å². The van der Waals surface area contributed by atoms with Crippen LogP contribution in [0.5, 0.6) is 0 Å². The fraction of sp³-hybridized carbons (Fsp3) is 0.700. The first kappa shape index (κ1) is 7.84. The summed E-state index contributed by atoms with van der Waals surface area (Å²) >= 11 is 0. The summed E-state index contributed by atoms with van der Waals surface area (Å²) in [6.07, 6.45) is 8.22. The summed E-state index contributed by atoms with van der Waals surface area (Å²) in [5.41, 5.74) is 1.36. The van der Waals surface area contributed by atoms with Crippen LogP contribution in [0.1, 0.15) is 50.6 Å². The highest BCUT2D eigenvalue weighted by Crippen LogP contribution is 2.31. The quantitative estimate of drug-likeness (QED) is 0.657. The van der Waals surface area contributed by atoms with Crippen LogP contribution in [0.3, 0.4) is 0 Å². The van der Waals surface area contributed by atoms with Crippen molar-refractivity contribution < 1.29 is 0 Å². The van der Waals surface area contributed by atoms with Crippen molar-refractivity contribution in [2.24, 2.45) is 0 Å². The van der Waals surface area contributed by atoms with E-state index >= 15 is 0 Å². The standard InChI is InChI=1S/C10H16N2/c1-8(2)9-6-11-12(7-9)10-4-3-5-10/h6-8,10H,3-5H2,1-2H3. The molecule has 2 rings (SSSR count). The average Bonchev–Trinajstić information content (AvgIpc) is 2.32. The number of aromatic nitrogens is 2. The molecule has 0 saturated heterocycles. The summed E-state index contributed by atoms with van der Waals surface area (Å²) in [5.74, 6) is 0.610. The fourth-order valence-corrected chi connectivity index (χ4v) is 1.50. The molecule has 0 atom stereocenters. The molecule has 1 aromatic heterocycles. The molecule has 66 valence electrons. The summed E-state index contributed by atoms with van der Waals surface area (Å²) in [4.78, 5) is 0. The van der Waals surface area contributed by atoms with Gasteiger partial charge in [0, 0.05) is 6.20 Å². The Morgan fingerprint density at radius 3 is 2.67 bits per heavy atom. The van der Waals surface area contributed by atoms with Crippen molar-refractivity contribution in [3.05, 3.63) is 18.0 Å². The van der Waals surface area contributed by atoms with E-state index in [1.54, 1.807) is 0 Å². The molecule has 0 radical (unpaired) electrons.